The fraction of sp³-hybridized carbons (Fsp3) is 0.636. The summed E-state index contributed by atoms with van der Waals surface area (Å²) in [7, 11) is 0. The summed E-state index contributed by atoms with van der Waals surface area (Å²) >= 11 is 0. The summed E-state index contributed by atoms with van der Waals surface area (Å²) < 4.78 is 5.93. The Hall–Kier alpha value is -1.16. The van der Waals surface area contributed by atoms with Gasteiger partial charge in [-0.05, 0) is 12.8 Å². The molecule has 2 atom stereocenters. The van der Waals surface area contributed by atoms with E-state index in [1.54, 1.807) is 18.6 Å². The third kappa shape index (κ3) is 1.69. The molecule has 2 fully saturated rings. The molecule has 1 aliphatic heterocycles. The average molecular weight is 205 g/mol. The molecular weight excluding hydrogens is 190 g/mol. The molecule has 0 radical (unpaired) electrons. The number of rotatable bonds is 2. The van der Waals surface area contributed by atoms with Crippen molar-refractivity contribution in [3.8, 4) is 5.88 Å². The number of aromatic nitrogens is 2. The van der Waals surface area contributed by atoms with Gasteiger partial charge in [0.1, 0.15) is 6.10 Å². The number of nitrogens with one attached hydrogen (secondary N) is 1. The van der Waals surface area contributed by atoms with Crippen LogP contribution >= 0.6 is 0 Å². The molecule has 0 amide bonds. The van der Waals surface area contributed by atoms with E-state index in [9.17, 15) is 0 Å². The van der Waals surface area contributed by atoms with Crippen LogP contribution in [-0.4, -0.2) is 29.2 Å². The molecule has 1 aliphatic carbocycles. The van der Waals surface area contributed by atoms with Crippen molar-refractivity contribution in [2.45, 2.75) is 18.9 Å². The first-order valence-electron chi connectivity index (χ1n) is 5.57. The van der Waals surface area contributed by atoms with Crippen LogP contribution in [0.2, 0.25) is 0 Å². The van der Waals surface area contributed by atoms with Crippen LogP contribution in [-0.2, 0) is 0 Å². The number of piperidine rings is 1. The van der Waals surface area contributed by atoms with E-state index in [2.05, 4.69) is 15.3 Å². The molecule has 4 nitrogen and oxygen atoms in total. The third-order valence-corrected chi connectivity index (χ3v) is 3.45. The monoisotopic (exact) mass is 205 g/mol. The Balaban J connectivity index is 1.73. The van der Waals surface area contributed by atoms with Gasteiger partial charge in [-0.25, -0.2) is 4.98 Å². The SMILES string of the molecule is c1cnc(OC2C3CCC2CNC3)cn1. The van der Waals surface area contributed by atoms with Gasteiger partial charge in [0.25, 0.3) is 0 Å². The second-order valence-electron chi connectivity index (χ2n) is 4.38. The van der Waals surface area contributed by atoms with Gasteiger partial charge in [0.05, 0.1) is 6.20 Å². The Morgan fingerprint density at radius 3 is 2.67 bits per heavy atom. The van der Waals surface area contributed by atoms with Gasteiger partial charge in [0.2, 0.25) is 5.88 Å². The minimum Gasteiger partial charge on any atom is -0.473 e. The van der Waals surface area contributed by atoms with Crippen LogP contribution in [0.15, 0.2) is 18.6 Å². The van der Waals surface area contributed by atoms with Crippen LogP contribution in [0.1, 0.15) is 12.8 Å². The highest BCUT2D eigenvalue weighted by molar-refractivity contribution is 5.05. The van der Waals surface area contributed by atoms with E-state index in [4.69, 9.17) is 4.74 Å². The van der Waals surface area contributed by atoms with Crippen LogP contribution in [0.25, 0.3) is 0 Å². The number of hydrogen-bond acceptors (Lipinski definition) is 4. The van der Waals surface area contributed by atoms with E-state index in [1.807, 2.05) is 0 Å². The predicted molar refractivity (Wildman–Crippen MR) is 55.5 cm³/mol. The Morgan fingerprint density at radius 2 is 2.00 bits per heavy atom. The second kappa shape index (κ2) is 3.77. The normalized spacial score (nSPS) is 34.0. The minimum absolute atomic E-state index is 0.350. The summed E-state index contributed by atoms with van der Waals surface area (Å²) in [6.07, 6.45) is 7.96. The van der Waals surface area contributed by atoms with Gasteiger partial charge in [-0.15, -0.1) is 0 Å². The first kappa shape index (κ1) is 9.09. The van der Waals surface area contributed by atoms with Crippen molar-refractivity contribution >= 4 is 0 Å². The molecule has 2 unspecified atom stereocenters. The summed E-state index contributed by atoms with van der Waals surface area (Å²) in [6.45, 7) is 2.17. The Kier molecular flexibility index (Phi) is 2.29. The van der Waals surface area contributed by atoms with E-state index in [1.165, 1.54) is 12.8 Å². The topological polar surface area (TPSA) is 47.0 Å². The van der Waals surface area contributed by atoms with Gasteiger partial charge in [-0.2, -0.15) is 0 Å². The predicted octanol–water partition coefficient (Wildman–Crippen LogP) is 0.853. The number of ether oxygens (including phenoxy) is 1. The highest BCUT2D eigenvalue weighted by Crippen LogP contribution is 2.35. The van der Waals surface area contributed by atoms with Gasteiger partial charge < -0.3 is 10.1 Å². The Morgan fingerprint density at radius 1 is 1.20 bits per heavy atom. The number of nitrogens with zero attached hydrogens (tertiary/aromatic N) is 2. The van der Waals surface area contributed by atoms with Gasteiger partial charge in [0, 0.05) is 37.3 Å². The van der Waals surface area contributed by atoms with E-state index < -0.39 is 0 Å². The molecule has 1 saturated heterocycles. The van der Waals surface area contributed by atoms with Crippen molar-refractivity contribution in [2.75, 3.05) is 13.1 Å². The zero-order chi connectivity index (χ0) is 10.1. The highest BCUT2D eigenvalue weighted by Gasteiger charge is 2.40. The first-order chi connectivity index (χ1) is 7.43. The summed E-state index contributed by atoms with van der Waals surface area (Å²) in [6, 6.07) is 0. The molecule has 2 heterocycles. The lowest BCUT2D eigenvalue weighted by atomic mass is 9.97. The lowest BCUT2D eigenvalue weighted by Gasteiger charge is -2.30. The molecule has 2 aliphatic rings. The quantitative estimate of drug-likeness (QED) is 0.777. The molecule has 1 aromatic heterocycles. The molecule has 15 heavy (non-hydrogen) atoms. The molecule has 80 valence electrons. The zero-order valence-corrected chi connectivity index (χ0v) is 8.60. The first-order valence-corrected chi connectivity index (χ1v) is 5.57. The van der Waals surface area contributed by atoms with Crippen molar-refractivity contribution in [1.29, 1.82) is 0 Å². The van der Waals surface area contributed by atoms with Crippen LogP contribution in [0.5, 0.6) is 5.88 Å². The molecule has 3 rings (SSSR count). The molecule has 1 N–H and O–H groups in total. The molecule has 4 heteroatoms. The van der Waals surface area contributed by atoms with Crippen LogP contribution < -0.4 is 10.1 Å². The molecule has 1 aromatic rings. The van der Waals surface area contributed by atoms with E-state index in [-0.39, 0.29) is 0 Å². The smallest absolute Gasteiger partial charge is 0.232 e. The maximum absolute atomic E-state index is 5.93. The van der Waals surface area contributed by atoms with Gasteiger partial charge >= 0.3 is 0 Å². The van der Waals surface area contributed by atoms with Crippen molar-refractivity contribution in [3.05, 3.63) is 18.6 Å². The van der Waals surface area contributed by atoms with Crippen LogP contribution in [0.4, 0.5) is 0 Å². The molecule has 0 aromatic carbocycles. The lowest BCUT2D eigenvalue weighted by Crippen LogP contribution is -2.44. The standard InChI is InChI=1S/C11H15N3O/c1-2-9-6-13-5-8(1)11(9)15-10-7-12-3-4-14-10/h3-4,7-9,11,13H,1-2,5-6H2. The Bertz CT molecular complexity index is 314. The minimum atomic E-state index is 0.350. The molecule has 2 bridgehead atoms. The Labute approximate surface area is 89.1 Å². The van der Waals surface area contributed by atoms with E-state index in [0.29, 0.717) is 23.8 Å². The van der Waals surface area contributed by atoms with Crippen molar-refractivity contribution in [2.24, 2.45) is 11.8 Å². The summed E-state index contributed by atoms with van der Waals surface area (Å²) in [5, 5.41) is 3.45. The summed E-state index contributed by atoms with van der Waals surface area (Å²) in [4.78, 5) is 8.18. The second-order valence-corrected chi connectivity index (χ2v) is 4.38. The maximum atomic E-state index is 5.93. The fourth-order valence-electron chi connectivity index (χ4n) is 2.71. The van der Waals surface area contributed by atoms with E-state index in [0.717, 1.165) is 13.1 Å². The van der Waals surface area contributed by atoms with Gasteiger partial charge in [-0.3, -0.25) is 4.98 Å². The third-order valence-electron chi connectivity index (χ3n) is 3.45. The molecular formula is C11H15N3O. The van der Waals surface area contributed by atoms with Crippen LogP contribution in [0.3, 0.4) is 0 Å². The largest absolute Gasteiger partial charge is 0.473 e. The zero-order valence-electron chi connectivity index (χ0n) is 8.60. The fourth-order valence-corrected chi connectivity index (χ4v) is 2.71. The van der Waals surface area contributed by atoms with Crippen molar-refractivity contribution in [1.82, 2.24) is 15.3 Å². The summed E-state index contributed by atoms with van der Waals surface area (Å²) in [5.41, 5.74) is 0. The maximum Gasteiger partial charge on any atom is 0.232 e. The lowest BCUT2D eigenvalue weighted by molar-refractivity contribution is 0.0881. The van der Waals surface area contributed by atoms with Crippen LogP contribution in [0, 0.1) is 11.8 Å². The number of fused-ring (bicyclic) bond motifs is 2. The average Bonchev–Trinajstić information content (AvgIpc) is 2.53. The van der Waals surface area contributed by atoms with Crippen molar-refractivity contribution < 1.29 is 4.74 Å². The van der Waals surface area contributed by atoms with Gasteiger partial charge in [0.15, 0.2) is 0 Å². The van der Waals surface area contributed by atoms with Gasteiger partial charge in [-0.1, -0.05) is 0 Å². The van der Waals surface area contributed by atoms with E-state index >= 15 is 0 Å². The highest BCUT2D eigenvalue weighted by atomic mass is 16.5. The number of hydrogen-bond donors (Lipinski definition) is 1. The van der Waals surface area contributed by atoms with Crippen molar-refractivity contribution in [3.63, 3.8) is 0 Å². The molecule has 1 saturated carbocycles. The summed E-state index contributed by atoms with van der Waals surface area (Å²) in [5.74, 6) is 1.98. The molecule has 0 spiro atoms.